The molecule has 0 radical (unpaired) electrons. The van der Waals surface area contributed by atoms with Crippen molar-refractivity contribution >= 4 is 10.8 Å². The Morgan fingerprint density at radius 1 is 0.833 bits per heavy atom. The van der Waals surface area contributed by atoms with Gasteiger partial charge in [-0.05, 0) is 0 Å². The first-order chi connectivity index (χ1) is 5.38. The topological polar surface area (TPSA) is 0 Å². The molecular weight excluding hydrogens is 198 g/mol. The largest absolute Gasteiger partial charge is 0.198 e. The number of benzene rings is 2. The minimum atomic E-state index is 0. The van der Waals surface area contributed by atoms with E-state index >= 15 is 0 Å². The van der Waals surface area contributed by atoms with E-state index < -0.39 is 0 Å². The van der Waals surface area contributed by atoms with Gasteiger partial charge in [-0.25, -0.2) is 0 Å². The average Bonchev–Trinajstić information content (AvgIpc) is 2.06. The SMILES string of the molecule is [CH2-]c1cccc2ccccc12.[Zn]. The second kappa shape index (κ2) is 3.73. The van der Waals surface area contributed by atoms with Gasteiger partial charge in [0.05, 0.1) is 0 Å². The van der Waals surface area contributed by atoms with Gasteiger partial charge in [-0.15, -0.1) is 17.5 Å². The average molecular weight is 207 g/mol. The summed E-state index contributed by atoms with van der Waals surface area (Å²) in [6.45, 7) is 3.95. The summed E-state index contributed by atoms with van der Waals surface area (Å²) >= 11 is 0. The predicted molar refractivity (Wildman–Crippen MR) is 48.4 cm³/mol. The van der Waals surface area contributed by atoms with Crippen molar-refractivity contribution in [2.24, 2.45) is 0 Å². The Kier molecular flexibility index (Phi) is 2.89. The van der Waals surface area contributed by atoms with Crippen LogP contribution in [0.4, 0.5) is 0 Å². The van der Waals surface area contributed by atoms with Gasteiger partial charge >= 0.3 is 0 Å². The van der Waals surface area contributed by atoms with Crippen LogP contribution in [0.15, 0.2) is 42.5 Å². The van der Waals surface area contributed by atoms with Crippen molar-refractivity contribution in [3.63, 3.8) is 0 Å². The van der Waals surface area contributed by atoms with E-state index in [9.17, 15) is 0 Å². The van der Waals surface area contributed by atoms with Crippen LogP contribution < -0.4 is 0 Å². The van der Waals surface area contributed by atoms with Crippen molar-refractivity contribution in [1.82, 2.24) is 0 Å². The van der Waals surface area contributed by atoms with Gasteiger partial charge in [-0.3, -0.25) is 0 Å². The molecule has 0 fully saturated rings. The van der Waals surface area contributed by atoms with Crippen LogP contribution in [0.25, 0.3) is 10.8 Å². The summed E-state index contributed by atoms with van der Waals surface area (Å²) in [5.74, 6) is 0. The molecule has 56 valence electrons. The fraction of sp³-hybridized carbons (Fsp3) is 0. The van der Waals surface area contributed by atoms with E-state index in [4.69, 9.17) is 0 Å². The molecule has 0 atom stereocenters. The number of hydrogen-bond donors (Lipinski definition) is 0. The first-order valence-electron chi connectivity index (χ1n) is 3.67. The molecule has 0 nitrogen and oxygen atoms in total. The van der Waals surface area contributed by atoms with Crippen molar-refractivity contribution in [3.05, 3.63) is 55.0 Å². The molecule has 12 heavy (non-hydrogen) atoms. The molecule has 2 aromatic carbocycles. The van der Waals surface area contributed by atoms with Crippen LogP contribution in [0.1, 0.15) is 5.56 Å². The van der Waals surface area contributed by atoms with Crippen LogP contribution in [0.2, 0.25) is 0 Å². The van der Waals surface area contributed by atoms with Crippen molar-refractivity contribution in [1.29, 1.82) is 0 Å². The molecular formula is C11H9Zn-. The summed E-state index contributed by atoms with van der Waals surface area (Å²) in [6.07, 6.45) is 0. The molecule has 2 aromatic rings. The summed E-state index contributed by atoms with van der Waals surface area (Å²) in [5, 5.41) is 2.51. The van der Waals surface area contributed by atoms with Gasteiger partial charge in [0.25, 0.3) is 0 Å². The summed E-state index contributed by atoms with van der Waals surface area (Å²) in [7, 11) is 0. The quantitative estimate of drug-likeness (QED) is 0.459. The monoisotopic (exact) mass is 205 g/mol. The van der Waals surface area contributed by atoms with E-state index in [1.54, 1.807) is 0 Å². The molecule has 1 heteroatoms. The van der Waals surface area contributed by atoms with Gasteiger partial charge in [0.1, 0.15) is 0 Å². The molecule has 0 aromatic heterocycles. The Balaban J connectivity index is 0.000000720. The van der Waals surface area contributed by atoms with E-state index in [1.807, 2.05) is 24.3 Å². The van der Waals surface area contributed by atoms with Gasteiger partial charge in [0.2, 0.25) is 0 Å². The van der Waals surface area contributed by atoms with Gasteiger partial charge in [0.15, 0.2) is 0 Å². The van der Waals surface area contributed by atoms with Crippen LogP contribution in [0.3, 0.4) is 0 Å². The Morgan fingerprint density at radius 2 is 1.50 bits per heavy atom. The minimum Gasteiger partial charge on any atom is -0.198 e. The first-order valence-corrected chi connectivity index (χ1v) is 3.67. The van der Waals surface area contributed by atoms with E-state index in [-0.39, 0.29) is 19.5 Å². The molecule has 0 spiro atoms. The van der Waals surface area contributed by atoms with E-state index in [2.05, 4.69) is 25.1 Å². The molecule has 0 aliphatic carbocycles. The summed E-state index contributed by atoms with van der Waals surface area (Å²) in [5.41, 5.74) is 1.10. The molecule has 0 bridgehead atoms. The Morgan fingerprint density at radius 3 is 2.25 bits per heavy atom. The Bertz CT molecular complexity index is 374. The molecule has 0 heterocycles. The van der Waals surface area contributed by atoms with Gasteiger partial charge in [0, 0.05) is 19.5 Å². The van der Waals surface area contributed by atoms with E-state index in [1.165, 1.54) is 10.8 Å². The van der Waals surface area contributed by atoms with Gasteiger partial charge in [-0.1, -0.05) is 29.7 Å². The van der Waals surface area contributed by atoms with Crippen LogP contribution in [0, 0.1) is 6.92 Å². The number of hydrogen-bond acceptors (Lipinski definition) is 0. The van der Waals surface area contributed by atoms with Crippen LogP contribution in [0.5, 0.6) is 0 Å². The number of fused-ring (bicyclic) bond motifs is 1. The molecule has 0 amide bonds. The van der Waals surface area contributed by atoms with Crippen LogP contribution in [-0.2, 0) is 19.5 Å². The third kappa shape index (κ3) is 1.51. The molecule has 0 N–H and O–H groups in total. The third-order valence-electron chi connectivity index (χ3n) is 1.88. The molecule has 0 aliphatic heterocycles. The second-order valence-corrected chi connectivity index (χ2v) is 2.64. The summed E-state index contributed by atoms with van der Waals surface area (Å²) in [6, 6.07) is 14.4. The predicted octanol–water partition coefficient (Wildman–Crippen LogP) is 3.02. The van der Waals surface area contributed by atoms with Crippen molar-refractivity contribution < 1.29 is 19.5 Å². The van der Waals surface area contributed by atoms with E-state index in [0.29, 0.717) is 0 Å². The fourth-order valence-corrected chi connectivity index (χ4v) is 1.29. The zero-order valence-electron chi connectivity index (χ0n) is 6.96. The fourth-order valence-electron chi connectivity index (χ4n) is 1.29. The zero-order chi connectivity index (χ0) is 7.68. The molecule has 0 saturated heterocycles. The Hall–Kier alpha value is -0.807. The van der Waals surface area contributed by atoms with Crippen molar-refractivity contribution in [3.8, 4) is 0 Å². The normalized spacial score (nSPS) is 9.33. The molecule has 0 unspecified atom stereocenters. The minimum absolute atomic E-state index is 0. The third-order valence-corrected chi connectivity index (χ3v) is 1.88. The maximum absolute atomic E-state index is 3.95. The second-order valence-electron chi connectivity index (χ2n) is 2.64. The molecule has 2 rings (SSSR count). The Labute approximate surface area is 85.4 Å². The van der Waals surface area contributed by atoms with Gasteiger partial charge in [-0.2, -0.15) is 18.6 Å². The smallest absolute Gasteiger partial charge is 0 e. The van der Waals surface area contributed by atoms with Gasteiger partial charge < -0.3 is 0 Å². The first kappa shape index (κ1) is 9.28. The standard InChI is InChI=1S/C11H9.Zn/c1-9-5-4-7-10-6-2-3-8-11(9)10;/h2-8H,1H2;/q-1;. The molecule has 0 saturated carbocycles. The molecule has 0 aliphatic rings. The van der Waals surface area contributed by atoms with Crippen molar-refractivity contribution in [2.75, 3.05) is 0 Å². The summed E-state index contributed by atoms with van der Waals surface area (Å²) in [4.78, 5) is 0. The van der Waals surface area contributed by atoms with E-state index in [0.717, 1.165) is 5.56 Å². The van der Waals surface area contributed by atoms with Crippen LogP contribution >= 0.6 is 0 Å². The maximum atomic E-state index is 3.95. The zero-order valence-corrected chi connectivity index (χ0v) is 9.92. The summed E-state index contributed by atoms with van der Waals surface area (Å²) < 4.78 is 0. The van der Waals surface area contributed by atoms with Crippen LogP contribution in [-0.4, -0.2) is 0 Å². The number of rotatable bonds is 0. The maximum Gasteiger partial charge on any atom is 0 e. The van der Waals surface area contributed by atoms with Crippen molar-refractivity contribution in [2.45, 2.75) is 0 Å².